The van der Waals surface area contributed by atoms with Gasteiger partial charge in [0.25, 0.3) is 0 Å². The molecule has 0 aliphatic carbocycles. The zero-order valence-corrected chi connectivity index (χ0v) is 24.1. The molecule has 6 heteroatoms. The second kappa shape index (κ2) is 14.2. The van der Waals surface area contributed by atoms with Crippen molar-refractivity contribution in [3.8, 4) is 5.75 Å². The van der Waals surface area contributed by atoms with Crippen molar-refractivity contribution in [2.45, 2.75) is 71.8 Å². The molecule has 4 aromatic rings. The zero-order chi connectivity index (χ0) is 27.6. The van der Waals surface area contributed by atoms with Gasteiger partial charge in [-0.25, -0.2) is 4.98 Å². The zero-order valence-electron chi connectivity index (χ0n) is 23.4. The van der Waals surface area contributed by atoms with E-state index in [2.05, 4.69) is 67.1 Å². The van der Waals surface area contributed by atoms with E-state index < -0.39 is 0 Å². The van der Waals surface area contributed by atoms with Crippen molar-refractivity contribution in [1.29, 1.82) is 0 Å². The number of imidazole rings is 1. The minimum Gasteiger partial charge on any atom is -0.493 e. The molecule has 5 nitrogen and oxygen atoms in total. The number of hydrogen-bond acceptors (Lipinski definition) is 3. The van der Waals surface area contributed by atoms with E-state index in [0.29, 0.717) is 30.5 Å². The molecule has 0 saturated carbocycles. The summed E-state index contributed by atoms with van der Waals surface area (Å²) in [6.45, 7) is 8.76. The molecule has 0 atom stereocenters. The molecule has 4 rings (SSSR count). The van der Waals surface area contributed by atoms with E-state index in [9.17, 15) is 4.79 Å². The summed E-state index contributed by atoms with van der Waals surface area (Å²) in [4.78, 5) is 17.2. The van der Waals surface area contributed by atoms with Crippen LogP contribution in [0.1, 0.15) is 68.0 Å². The highest BCUT2D eigenvalue weighted by Crippen LogP contribution is 2.28. The number of rotatable bonds is 14. The number of carbonyl (C=O) groups excluding carboxylic acids is 1. The number of benzene rings is 3. The fourth-order valence-electron chi connectivity index (χ4n) is 4.88. The van der Waals surface area contributed by atoms with Crippen LogP contribution in [0, 0.1) is 6.92 Å². The van der Waals surface area contributed by atoms with Gasteiger partial charge >= 0.3 is 0 Å². The predicted octanol–water partition coefficient (Wildman–Crippen LogP) is 7.66. The first-order valence-electron chi connectivity index (χ1n) is 14.1. The van der Waals surface area contributed by atoms with Crippen LogP contribution in [0.15, 0.2) is 66.7 Å². The lowest BCUT2D eigenvalue weighted by Gasteiger charge is -2.15. The van der Waals surface area contributed by atoms with Crippen molar-refractivity contribution >= 4 is 28.5 Å². The lowest BCUT2D eigenvalue weighted by Crippen LogP contribution is -2.26. The number of nitrogens with zero attached hydrogens (tertiary/aromatic N) is 2. The number of unbranched alkanes of at least 4 members (excludes halogenated alkanes) is 2. The SMILES string of the molecule is Cc1ccc(C(C)C)c(OCCCn2c(CCCCCNC(=O)Cc3ccc(Cl)cc3)nc3ccccc32)c1. The molecule has 206 valence electrons. The lowest BCUT2D eigenvalue weighted by atomic mass is 10.0. The summed E-state index contributed by atoms with van der Waals surface area (Å²) in [5.74, 6) is 2.61. The van der Waals surface area contributed by atoms with Crippen LogP contribution < -0.4 is 10.1 Å². The Morgan fingerprint density at radius 3 is 2.59 bits per heavy atom. The third-order valence-electron chi connectivity index (χ3n) is 6.99. The molecule has 0 aliphatic rings. The van der Waals surface area contributed by atoms with E-state index in [4.69, 9.17) is 21.3 Å². The molecule has 0 aliphatic heterocycles. The van der Waals surface area contributed by atoms with Crippen LogP contribution in [0.4, 0.5) is 0 Å². The molecule has 1 heterocycles. The van der Waals surface area contributed by atoms with Gasteiger partial charge in [0.05, 0.1) is 24.1 Å². The number of carbonyl (C=O) groups is 1. The summed E-state index contributed by atoms with van der Waals surface area (Å²) in [6, 6.07) is 22.3. The molecular formula is C33H40ClN3O2. The van der Waals surface area contributed by atoms with E-state index in [1.165, 1.54) is 16.6 Å². The van der Waals surface area contributed by atoms with Gasteiger partial charge in [0, 0.05) is 24.5 Å². The first kappa shape index (κ1) is 28.7. The summed E-state index contributed by atoms with van der Waals surface area (Å²) < 4.78 is 8.60. The number of halogens is 1. The number of ether oxygens (including phenoxy) is 1. The molecule has 0 fully saturated rings. The van der Waals surface area contributed by atoms with Gasteiger partial charge in [-0.2, -0.15) is 0 Å². The van der Waals surface area contributed by atoms with Gasteiger partial charge in [-0.15, -0.1) is 0 Å². The number of hydrogen-bond donors (Lipinski definition) is 1. The third-order valence-corrected chi connectivity index (χ3v) is 7.24. The van der Waals surface area contributed by atoms with Crippen molar-refractivity contribution in [2.24, 2.45) is 0 Å². The maximum Gasteiger partial charge on any atom is 0.224 e. The monoisotopic (exact) mass is 545 g/mol. The Morgan fingerprint density at radius 1 is 1.00 bits per heavy atom. The molecule has 0 unspecified atom stereocenters. The first-order valence-corrected chi connectivity index (χ1v) is 14.5. The van der Waals surface area contributed by atoms with E-state index in [0.717, 1.165) is 61.3 Å². The number of fused-ring (bicyclic) bond motifs is 1. The largest absolute Gasteiger partial charge is 0.493 e. The van der Waals surface area contributed by atoms with E-state index in [1.54, 1.807) is 0 Å². The maximum absolute atomic E-state index is 12.2. The van der Waals surface area contributed by atoms with Crippen LogP contribution in [0.5, 0.6) is 5.75 Å². The van der Waals surface area contributed by atoms with Crippen molar-refractivity contribution in [1.82, 2.24) is 14.9 Å². The van der Waals surface area contributed by atoms with Crippen LogP contribution in [0.25, 0.3) is 11.0 Å². The normalized spacial score (nSPS) is 11.3. The molecule has 0 bridgehead atoms. The fraction of sp³-hybridized carbons (Fsp3) is 0.394. The van der Waals surface area contributed by atoms with Gasteiger partial charge < -0.3 is 14.6 Å². The van der Waals surface area contributed by atoms with Crippen LogP contribution in [-0.2, 0) is 24.2 Å². The molecule has 1 N–H and O–H groups in total. The summed E-state index contributed by atoms with van der Waals surface area (Å²) >= 11 is 5.92. The van der Waals surface area contributed by atoms with Crippen molar-refractivity contribution < 1.29 is 9.53 Å². The quantitative estimate of drug-likeness (QED) is 0.165. The number of aromatic nitrogens is 2. The van der Waals surface area contributed by atoms with Crippen molar-refractivity contribution in [3.05, 3.63) is 94.3 Å². The molecule has 3 aromatic carbocycles. The van der Waals surface area contributed by atoms with Crippen LogP contribution in [-0.4, -0.2) is 28.6 Å². The highest BCUT2D eigenvalue weighted by atomic mass is 35.5. The van der Waals surface area contributed by atoms with E-state index in [-0.39, 0.29) is 5.91 Å². The summed E-state index contributed by atoms with van der Waals surface area (Å²) in [5.41, 5.74) is 5.68. The van der Waals surface area contributed by atoms with E-state index >= 15 is 0 Å². The molecule has 0 radical (unpaired) electrons. The number of amides is 1. The van der Waals surface area contributed by atoms with Crippen LogP contribution in [0.3, 0.4) is 0 Å². The van der Waals surface area contributed by atoms with Crippen LogP contribution >= 0.6 is 11.6 Å². The van der Waals surface area contributed by atoms with Gasteiger partial charge in [0.15, 0.2) is 0 Å². The minimum atomic E-state index is 0.0486. The lowest BCUT2D eigenvalue weighted by molar-refractivity contribution is -0.120. The molecule has 0 spiro atoms. The first-order chi connectivity index (χ1) is 18.9. The van der Waals surface area contributed by atoms with Gasteiger partial charge in [-0.05, 0) is 79.1 Å². The summed E-state index contributed by atoms with van der Waals surface area (Å²) in [6.07, 6.45) is 5.25. The average molecular weight is 546 g/mol. The standard InChI is InChI=1S/C33H40ClN3O2/c1-24(2)28-18-13-25(3)22-31(28)39-21-9-20-37-30-11-7-6-10-29(30)36-32(37)12-5-4-8-19-35-33(38)23-26-14-16-27(34)17-15-26/h6-7,10-11,13-18,22,24H,4-5,8-9,12,19-21,23H2,1-3H3,(H,35,38). The second-order valence-electron chi connectivity index (χ2n) is 10.5. The Morgan fingerprint density at radius 2 is 1.79 bits per heavy atom. The molecule has 0 saturated heterocycles. The van der Waals surface area contributed by atoms with Gasteiger partial charge in [0.2, 0.25) is 5.91 Å². The third kappa shape index (κ3) is 8.34. The average Bonchev–Trinajstić information content (AvgIpc) is 3.27. The molecular weight excluding hydrogens is 506 g/mol. The smallest absolute Gasteiger partial charge is 0.224 e. The van der Waals surface area contributed by atoms with Gasteiger partial charge in [0.1, 0.15) is 11.6 Å². The highest BCUT2D eigenvalue weighted by molar-refractivity contribution is 6.30. The van der Waals surface area contributed by atoms with Crippen molar-refractivity contribution in [2.75, 3.05) is 13.2 Å². The summed E-state index contributed by atoms with van der Waals surface area (Å²) in [7, 11) is 0. The second-order valence-corrected chi connectivity index (χ2v) is 11.0. The molecule has 1 amide bonds. The fourth-order valence-corrected chi connectivity index (χ4v) is 5.00. The number of para-hydroxylation sites is 2. The van der Waals surface area contributed by atoms with Crippen LogP contribution in [0.2, 0.25) is 5.02 Å². The number of nitrogens with one attached hydrogen (secondary N) is 1. The Bertz CT molecular complexity index is 1360. The van der Waals surface area contributed by atoms with Gasteiger partial charge in [-0.1, -0.05) is 68.3 Å². The Labute approximate surface area is 237 Å². The minimum absolute atomic E-state index is 0.0486. The highest BCUT2D eigenvalue weighted by Gasteiger charge is 2.12. The van der Waals surface area contributed by atoms with E-state index in [1.807, 2.05) is 30.3 Å². The number of aryl methyl sites for hydroxylation is 3. The molecule has 1 aromatic heterocycles. The Hall–Kier alpha value is -3.31. The summed E-state index contributed by atoms with van der Waals surface area (Å²) in [5, 5.41) is 3.72. The topological polar surface area (TPSA) is 56.1 Å². The molecule has 39 heavy (non-hydrogen) atoms. The van der Waals surface area contributed by atoms with Crippen molar-refractivity contribution in [3.63, 3.8) is 0 Å². The maximum atomic E-state index is 12.2. The van der Waals surface area contributed by atoms with Gasteiger partial charge in [-0.3, -0.25) is 4.79 Å². The predicted molar refractivity (Wildman–Crippen MR) is 161 cm³/mol. The Balaban J connectivity index is 1.24. The Kier molecular flexibility index (Phi) is 10.4.